The number of anilines is 2. The Bertz CT molecular complexity index is 3380. The van der Waals surface area contributed by atoms with Crippen LogP contribution in [0.1, 0.15) is 67.0 Å². The Balaban J connectivity index is 0.000000200. The van der Waals surface area contributed by atoms with Crippen LogP contribution in [0.5, 0.6) is 0 Å². The van der Waals surface area contributed by atoms with Crippen LogP contribution in [-0.2, 0) is 45.5 Å². The second kappa shape index (κ2) is 23.0. The molecule has 0 amide bonds. The fraction of sp³-hybridized carbons (Fsp3) is 0.263. The zero-order valence-electron chi connectivity index (χ0n) is 41.2. The minimum absolute atomic E-state index is 0.0101. The standard InChI is InChI=1S/C32H33N3O4S2.C25H27N3O2S/c1-22(2)19-29-31(33-32(40-29)34(17-16-30(36)37)21-24-7-5-4-6-8-24)26-11-14-28-25(20-26)15-18-35(28)41(38,39)27-12-9-23(3)10-13-27;1-17(2)14-22-24(20-8-9-21-19(15-20)10-12-26-21)27-25(31-22)28(13-11-23(29)30)16-18-6-4-3-5-7-18/h4-15,18,20,22H,16-17,19,21H2,1-3H3,(H,36,37);3-10,12,15,17,26H,11,13-14,16H2,1-2H3,(H,29,30). The van der Waals surface area contributed by atoms with Gasteiger partial charge >= 0.3 is 11.9 Å². The number of aromatic amines is 1. The number of H-pyrrole nitrogens is 1. The van der Waals surface area contributed by atoms with Crippen molar-refractivity contribution < 1.29 is 28.2 Å². The monoisotopic (exact) mass is 1020 g/mol. The van der Waals surface area contributed by atoms with E-state index < -0.39 is 22.0 Å². The van der Waals surface area contributed by atoms with E-state index in [1.165, 1.54) is 8.85 Å². The van der Waals surface area contributed by atoms with Crippen LogP contribution in [0.15, 0.2) is 151 Å². The number of carbonyl (C=O) groups is 2. The lowest BCUT2D eigenvalue weighted by Gasteiger charge is -2.21. The molecule has 0 aliphatic carbocycles. The highest BCUT2D eigenvalue weighted by atomic mass is 32.2. The number of carboxylic acid groups (broad SMARTS) is 2. The largest absolute Gasteiger partial charge is 0.481 e. The number of thiazole rings is 2. The average Bonchev–Trinajstić information content (AvgIpc) is 4.18. The van der Waals surface area contributed by atoms with Gasteiger partial charge in [0.1, 0.15) is 0 Å². The van der Waals surface area contributed by atoms with Gasteiger partial charge in [0, 0.05) is 75.7 Å². The lowest BCUT2D eigenvalue weighted by Crippen LogP contribution is -2.25. The number of fused-ring (bicyclic) bond motifs is 2. The summed E-state index contributed by atoms with van der Waals surface area (Å²) in [6, 6.07) is 43.0. The highest BCUT2D eigenvalue weighted by molar-refractivity contribution is 7.90. The molecule has 0 aliphatic heterocycles. The van der Waals surface area contributed by atoms with Crippen molar-refractivity contribution in [2.75, 3.05) is 22.9 Å². The SMILES string of the molecule is CC(C)Cc1sc(N(CCC(=O)O)Cc2ccccc2)nc1-c1ccc2[nH]ccc2c1.Cc1ccc(S(=O)(=O)n2ccc3cc(-c4nc(N(CCC(=O)O)Cc5ccccc5)sc4CC(C)C)ccc32)cc1. The predicted octanol–water partition coefficient (Wildman–Crippen LogP) is 13.0. The quantitative estimate of drug-likeness (QED) is 0.0670. The Kier molecular flexibility index (Phi) is 16.4. The van der Waals surface area contributed by atoms with Crippen LogP contribution in [0.3, 0.4) is 0 Å². The predicted molar refractivity (Wildman–Crippen MR) is 293 cm³/mol. The molecule has 0 radical (unpaired) electrons. The summed E-state index contributed by atoms with van der Waals surface area (Å²) in [7, 11) is -3.74. The lowest BCUT2D eigenvalue weighted by atomic mass is 10.0. The first-order valence-electron chi connectivity index (χ1n) is 24.1. The summed E-state index contributed by atoms with van der Waals surface area (Å²) >= 11 is 3.28. The van der Waals surface area contributed by atoms with Gasteiger partial charge in [-0.25, -0.2) is 22.4 Å². The first-order chi connectivity index (χ1) is 34.6. The molecule has 0 fully saturated rings. The van der Waals surface area contributed by atoms with Crippen LogP contribution in [0.4, 0.5) is 10.3 Å². The van der Waals surface area contributed by atoms with E-state index >= 15 is 0 Å². The normalized spacial score (nSPS) is 11.6. The number of benzene rings is 5. The zero-order valence-corrected chi connectivity index (χ0v) is 43.6. The second-order valence-electron chi connectivity index (χ2n) is 18.8. The summed E-state index contributed by atoms with van der Waals surface area (Å²) in [5.41, 5.74) is 8.78. The third-order valence-corrected chi connectivity index (χ3v) is 16.0. The molecular weight excluding hydrogens is 961 g/mol. The van der Waals surface area contributed by atoms with Gasteiger partial charge in [0.25, 0.3) is 10.0 Å². The summed E-state index contributed by atoms with van der Waals surface area (Å²) < 4.78 is 28.1. The van der Waals surface area contributed by atoms with Crippen molar-refractivity contribution in [2.24, 2.45) is 11.8 Å². The van der Waals surface area contributed by atoms with E-state index in [0.717, 1.165) is 83.5 Å². The first-order valence-corrected chi connectivity index (χ1v) is 27.2. The number of carboxylic acids is 2. The Morgan fingerprint density at radius 2 is 1.14 bits per heavy atom. The molecule has 4 aromatic heterocycles. The number of nitrogens with one attached hydrogen (secondary N) is 1. The lowest BCUT2D eigenvalue weighted by molar-refractivity contribution is -0.137. The van der Waals surface area contributed by atoms with Gasteiger partial charge in [-0.05, 0) is 91.3 Å². The van der Waals surface area contributed by atoms with Crippen LogP contribution < -0.4 is 9.80 Å². The molecule has 3 N–H and O–H groups in total. The number of hydrogen-bond acceptors (Lipinski definition) is 10. The maximum Gasteiger partial charge on any atom is 0.305 e. The molecule has 372 valence electrons. The molecule has 9 aromatic rings. The minimum Gasteiger partial charge on any atom is -0.481 e. The Hall–Kier alpha value is -7.07. The van der Waals surface area contributed by atoms with E-state index in [1.54, 1.807) is 53.1 Å². The molecule has 0 saturated heterocycles. The Morgan fingerprint density at radius 3 is 1.64 bits per heavy atom. The van der Waals surface area contributed by atoms with Gasteiger partial charge in [-0.3, -0.25) is 9.59 Å². The van der Waals surface area contributed by atoms with Gasteiger partial charge < -0.3 is 25.0 Å². The van der Waals surface area contributed by atoms with E-state index in [2.05, 4.69) is 74.0 Å². The Morgan fingerprint density at radius 1 is 0.639 bits per heavy atom. The van der Waals surface area contributed by atoms with Crippen molar-refractivity contribution in [1.29, 1.82) is 0 Å². The van der Waals surface area contributed by atoms with Gasteiger partial charge in [-0.15, -0.1) is 22.7 Å². The molecule has 0 bridgehead atoms. The van der Waals surface area contributed by atoms with Gasteiger partial charge in [-0.1, -0.05) is 118 Å². The van der Waals surface area contributed by atoms with E-state index in [-0.39, 0.29) is 17.7 Å². The number of aromatic nitrogens is 4. The van der Waals surface area contributed by atoms with E-state index in [4.69, 9.17) is 9.97 Å². The molecule has 0 unspecified atom stereocenters. The van der Waals surface area contributed by atoms with E-state index in [0.29, 0.717) is 43.5 Å². The smallest absolute Gasteiger partial charge is 0.305 e. The third-order valence-electron chi connectivity index (χ3n) is 12.1. The van der Waals surface area contributed by atoms with E-state index in [1.807, 2.05) is 90.8 Å². The van der Waals surface area contributed by atoms with Crippen molar-refractivity contribution in [1.82, 2.24) is 18.9 Å². The number of nitrogens with zero attached hydrogens (tertiary/aromatic N) is 5. The second-order valence-corrected chi connectivity index (χ2v) is 22.8. The summed E-state index contributed by atoms with van der Waals surface area (Å²) in [6.07, 6.45) is 5.40. The summed E-state index contributed by atoms with van der Waals surface area (Å²) in [5, 5.41) is 22.3. The summed E-state index contributed by atoms with van der Waals surface area (Å²) in [6.45, 7) is 12.6. The molecule has 15 heteroatoms. The highest BCUT2D eigenvalue weighted by Crippen LogP contribution is 2.39. The fourth-order valence-electron chi connectivity index (χ4n) is 8.47. The van der Waals surface area contributed by atoms with Crippen LogP contribution in [0.2, 0.25) is 0 Å². The Labute approximate surface area is 429 Å². The number of rotatable bonds is 20. The van der Waals surface area contributed by atoms with Crippen molar-refractivity contribution in [3.8, 4) is 22.5 Å². The molecule has 0 atom stereocenters. The maximum absolute atomic E-state index is 13.4. The number of hydrogen-bond donors (Lipinski definition) is 3. The van der Waals surface area contributed by atoms with Crippen LogP contribution in [0.25, 0.3) is 44.3 Å². The van der Waals surface area contributed by atoms with Crippen molar-refractivity contribution in [2.45, 2.75) is 78.3 Å². The number of aliphatic carboxylic acids is 2. The number of aryl methyl sites for hydroxylation is 1. The van der Waals surface area contributed by atoms with Gasteiger partial charge in [0.05, 0.1) is 34.6 Å². The fourth-order valence-corrected chi connectivity index (χ4v) is 12.5. The highest BCUT2D eigenvalue weighted by Gasteiger charge is 2.24. The maximum atomic E-state index is 13.4. The topological polar surface area (TPSA) is 162 Å². The average molecular weight is 1020 g/mol. The molecular formula is C57H60N6O6S3. The van der Waals surface area contributed by atoms with Crippen molar-refractivity contribution in [3.63, 3.8) is 0 Å². The molecule has 0 spiro atoms. The molecule has 0 saturated carbocycles. The van der Waals surface area contributed by atoms with E-state index in [9.17, 15) is 28.2 Å². The molecule has 12 nitrogen and oxygen atoms in total. The van der Waals surface area contributed by atoms with Crippen LogP contribution >= 0.6 is 22.7 Å². The molecule has 0 aliphatic rings. The van der Waals surface area contributed by atoms with Crippen LogP contribution in [0, 0.1) is 18.8 Å². The molecule has 5 aromatic carbocycles. The summed E-state index contributed by atoms with van der Waals surface area (Å²) in [4.78, 5) is 42.8. The van der Waals surface area contributed by atoms with Crippen molar-refractivity contribution in [3.05, 3.63) is 172 Å². The molecule has 72 heavy (non-hydrogen) atoms. The van der Waals surface area contributed by atoms with Crippen LogP contribution in [-0.4, -0.2) is 62.6 Å². The molecule has 9 rings (SSSR count). The minimum atomic E-state index is -3.74. The zero-order chi connectivity index (χ0) is 50.9. The van der Waals surface area contributed by atoms with Gasteiger partial charge in [0.15, 0.2) is 10.3 Å². The third kappa shape index (κ3) is 12.7. The van der Waals surface area contributed by atoms with Gasteiger partial charge in [0.2, 0.25) is 0 Å². The first kappa shape index (κ1) is 51.3. The van der Waals surface area contributed by atoms with Gasteiger partial charge in [-0.2, -0.15) is 0 Å². The summed E-state index contributed by atoms with van der Waals surface area (Å²) in [5.74, 6) is -0.745. The molecule has 4 heterocycles. The van der Waals surface area contributed by atoms with Crippen molar-refractivity contribution >= 4 is 76.7 Å².